The molecule has 0 aliphatic rings. The Bertz CT molecular complexity index is 515. The topological polar surface area (TPSA) is 75.6 Å². The van der Waals surface area contributed by atoms with E-state index in [1.165, 1.54) is 0 Å². The van der Waals surface area contributed by atoms with Crippen molar-refractivity contribution >= 4 is 5.91 Å². The zero-order valence-electron chi connectivity index (χ0n) is 10.6. The lowest BCUT2D eigenvalue weighted by Crippen LogP contribution is -2.25. The van der Waals surface area contributed by atoms with Gasteiger partial charge in [-0.15, -0.1) is 0 Å². The van der Waals surface area contributed by atoms with Crippen LogP contribution < -0.4 is 5.32 Å². The number of carbonyl (C=O) groups is 1. The molecule has 2 rings (SSSR count). The highest BCUT2D eigenvalue weighted by molar-refractivity contribution is 5.94. The summed E-state index contributed by atoms with van der Waals surface area (Å²) in [6.45, 7) is 2.51. The number of aromatic amines is 1. The van der Waals surface area contributed by atoms with Crippen LogP contribution in [0.1, 0.15) is 28.3 Å². The van der Waals surface area contributed by atoms with E-state index in [4.69, 9.17) is 0 Å². The molecule has 0 bridgehead atoms. The summed E-state index contributed by atoms with van der Waals surface area (Å²) in [7, 11) is 1.82. The van der Waals surface area contributed by atoms with E-state index in [1.807, 2.05) is 14.0 Å². The van der Waals surface area contributed by atoms with Gasteiger partial charge < -0.3 is 10.3 Å². The van der Waals surface area contributed by atoms with Crippen LogP contribution in [0.5, 0.6) is 0 Å². The van der Waals surface area contributed by atoms with Crippen LogP contribution in [0.15, 0.2) is 18.6 Å². The van der Waals surface area contributed by atoms with Crippen LogP contribution in [0.25, 0.3) is 0 Å². The molecule has 0 spiro atoms. The average Bonchev–Trinajstić information content (AvgIpc) is 2.97. The van der Waals surface area contributed by atoms with Gasteiger partial charge in [0.1, 0.15) is 5.82 Å². The number of carbonyl (C=O) groups excluding carboxylic acids is 1. The first kappa shape index (κ1) is 12.3. The number of rotatable bonds is 5. The Morgan fingerprint density at radius 2 is 2.39 bits per heavy atom. The van der Waals surface area contributed by atoms with E-state index < -0.39 is 0 Å². The van der Waals surface area contributed by atoms with Crippen molar-refractivity contribution in [2.45, 2.75) is 19.8 Å². The molecule has 2 aromatic heterocycles. The number of hydrogen-bond acceptors (Lipinski definition) is 3. The molecule has 6 heteroatoms. The summed E-state index contributed by atoms with van der Waals surface area (Å²) in [6.07, 6.45) is 6.81. The summed E-state index contributed by atoms with van der Waals surface area (Å²) in [6, 6.07) is 0. The predicted octanol–water partition coefficient (Wildman–Crippen LogP) is 0.814. The Morgan fingerprint density at radius 3 is 3.00 bits per heavy atom. The number of nitrogens with zero attached hydrogens (tertiary/aromatic N) is 3. The summed E-state index contributed by atoms with van der Waals surface area (Å²) in [5, 5.41) is 6.93. The summed E-state index contributed by atoms with van der Waals surface area (Å²) >= 11 is 0. The van der Waals surface area contributed by atoms with Crippen molar-refractivity contribution in [1.29, 1.82) is 0 Å². The van der Waals surface area contributed by atoms with E-state index in [0.29, 0.717) is 12.1 Å². The first-order valence-corrected chi connectivity index (χ1v) is 5.93. The summed E-state index contributed by atoms with van der Waals surface area (Å²) in [4.78, 5) is 19.0. The van der Waals surface area contributed by atoms with Crippen molar-refractivity contribution in [2.75, 3.05) is 6.54 Å². The highest BCUT2D eigenvalue weighted by atomic mass is 16.1. The van der Waals surface area contributed by atoms with E-state index in [-0.39, 0.29) is 5.91 Å². The molecule has 0 saturated carbocycles. The minimum Gasteiger partial charge on any atom is -0.352 e. The van der Waals surface area contributed by atoms with E-state index in [2.05, 4.69) is 20.4 Å². The molecule has 0 aliphatic heterocycles. The maximum atomic E-state index is 11.9. The molecule has 0 fully saturated rings. The number of amides is 1. The van der Waals surface area contributed by atoms with Crippen molar-refractivity contribution in [3.05, 3.63) is 35.7 Å². The van der Waals surface area contributed by atoms with E-state index in [0.717, 1.165) is 24.4 Å². The van der Waals surface area contributed by atoms with Gasteiger partial charge in [-0.05, 0) is 13.3 Å². The van der Waals surface area contributed by atoms with Crippen molar-refractivity contribution in [1.82, 2.24) is 25.1 Å². The van der Waals surface area contributed by atoms with Crippen LogP contribution in [-0.2, 0) is 13.5 Å². The number of H-pyrrole nitrogens is 1. The Labute approximate surface area is 105 Å². The van der Waals surface area contributed by atoms with E-state index in [1.54, 1.807) is 23.3 Å². The second kappa shape index (κ2) is 5.48. The van der Waals surface area contributed by atoms with Crippen molar-refractivity contribution < 1.29 is 4.79 Å². The Morgan fingerprint density at radius 1 is 1.56 bits per heavy atom. The fourth-order valence-corrected chi connectivity index (χ4v) is 1.71. The molecule has 2 heterocycles. The fourth-order valence-electron chi connectivity index (χ4n) is 1.71. The van der Waals surface area contributed by atoms with Gasteiger partial charge in [-0.1, -0.05) is 0 Å². The van der Waals surface area contributed by atoms with Gasteiger partial charge in [0.2, 0.25) is 0 Å². The van der Waals surface area contributed by atoms with Gasteiger partial charge in [0, 0.05) is 38.1 Å². The highest BCUT2D eigenvalue weighted by Crippen LogP contribution is 2.05. The Balaban J connectivity index is 1.77. The SMILES string of the molecule is Cc1c(C(=O)NCCCc2ncc[nH]2)cnn1C. The molecule has 0 radical (unpaired) electrons. The molecule has 2 N–H and O–H groups in total. The van der Waals surface area contributed by atoms with Gasteiger partial charge in [-0.3, -0.25) is 9.48 Å². The molecule has 6 nitrogen and oxygen atoms in total. The second-order valence-corrected chi connectivity index (χ2v) is 4.16. The smallest absolute Gasteiger partial charge is 0.254 e. The quantitative estimate of drug-likeness (QED) is 0.768. The molecule has 2 aromatic rings. The third kappa shape index (κ3) is 2.77. The Kier molecular flexibility index (Phi) is 3.76. The number of nitrogens with one attached hydrogen (secondary N) is 2. The highest BCUT2D eigenvalue weighted by Gasteiger charge is 2.11. The number of aryl methyl sites for hydroxylation is 2. The predicted molar refractivity (Wildman–Crippen MR) is 67.2 cm³/mol. The lowest BCUT2D eigenvalue weighted by molar-refractivity contribution is 0.0952. The minimum absolute atomic E-state index is 0.0694. The largest absolute Gasteiger partial charge is 0.352 e. The number of aromatic nitrogens is 4. The zero-order valence-corrected chi connectivity index (χ0v) is 10.6. The second-order valence-electron chi connectivity index (χ2n) is 4.16. The fraction of sp³-hybridized carbons (Fsp3) is 0.417. The van der Waals surface area contributed by atoms with Gasteiger partial charge in [0.25, 0.3) is 5.91 Å². The molecule has 96 valence electrons. The number of imidazole rings is 1. The van der Waals surface area contributed by atoms with Gasteiger partial charge >= 0.3 is 0 Å². The first-order valence-electron chi connectivity index (χ1n) is 5.93. The molecule has 18 heavy (non-hydrogen) atoms. The summed E-state index contributed by atoms with van der Waals surface area (Å²) < 4.78 is 1.69. The van der Waals surface area contributed by atoms with Crippen LogP contribution in [0.3, 0.4) is 0 Å². The lowest BCUT2D eigenvalue weighted by Gasteiger charge is -2.04. The number of hydrogen-bond donors (Lipinski definition) is 2. The van der Waals surface area contributed by atoms with Crippen molar-refractivity contribution in [3.8, 4) is 0 Å². The van der Waals surface area contributed by atoms with Gasteiger partial charge in [0.15, 0.2) is 0 Å². The maximum Gasteiger partial charge on any atom is 0.254 e. The van der Waals surface area contributed by atoms with Crippen LogP contribution >= 0.6 is 0 Å². The molecular weight excluding hydrogens is 230 g/mol. The standard InChI is InChI=1S/C12H17N5O/c1-9-10(8-16-17(9)2)12(18)15-5-3-4-11-13-6-7-14-11/h6-8H,3-5H2,1-2H3,(H,13,14)(H,15,18). The molecular formula is C12H17N5O. The van der Waals surface area contributed by atoms with Gasteiger partial charge in [0.05, 0.1) is 11.8 Å². The van der Waals surface area contributed by atoms with Crippen LogP contribution in [0.2, 0.25) is 0 Å². The van der Waals surface area contributed by atoms with Crippen LogP contribution in [0.4, 0.5) is 0 Å². The summed E-state index contributed by atoms with van der Waals surface area (Å²) in [5.41, 5.74) is 1.51. The maximum absolute atomic E-state index is 11.9. The molecule has 1 amide bonds. The first-order chi connectivity index (χ1) is 8.68. The van der Waals surface area contributed by atoms with Crippen LogP contribution in [-0.4, -0.2) is 32.2 Å². The lowest BCUT2D eigenvalue weighted by atomic mass is 10.2. The zero-order chi connectivity index (χ0) is 13.0. The van der Waals surface area contributed by atoms with Crippen molar-refractivity contribution in [3.63, 3.8) is 0 Å². The van der Waals surface area contributed by atoms with Gasteiger partial charge in [-0.2, -0.15) is 5.10 Å². The van der Waals surface area contributed by atoms with E-state index in [9.17, 15) is 4.79 Å². The molecule has 0 atom stereocenters. The molecule has 0 unspecified atom stereocenters. The van der Waals surface area contributed by atoms with Crippen molar-refractivity contribution in [2.24, 2.45) is 7.05 Å². The molecule has 0 saturated heterocycles. The third-order valence-corrected chi connectivity index (χ3v) is 2.91. The molecule has 0 aromatic carbocycles. The van der Waals surface area contributed by atoms with Crippen LogP contribution in [0, 0.1) is 6.92 Å². The molecule has 0 aliphatic carbocycles. The Hall–Kier alpha value is -2.11. The average molecular weight is 247 g/mol. The summed E-state index contributed by atoms with van der Waals surface area (Å²) in [5.74, 6) is 0.877. The van der Waals surface area contributed by atoms with Gasteiger partial charge in [-0.25, -0.2) is 4.98 Å². The van der Waals surface area contributed by atoms with E-state index >= 15 is 0 Å². The monoisotopic (exact) mass is 247 g/mol. The minimum atomic E-state index is -0.0694. The third-order valence-electron chi connectivity index (χ3n) is 2.91. The normalized spacial score (nSPS) is 10.6.